The fourth-order valence-electron chi connectivity index (χ4n) is 4.05. The summed E-state index contributed by atoms with van der Waals surface area (Å²) in [6.45, 7) is 6.88. The highest BCUT2D eigenvalue weighted by Gasteiger charge is 2.23. The summed E-state index contributed by atoms with van der Waals surface area (Å²) in [5.74, 6) is 0.970. The van der Waals surface area contributed by atoms with E-state index in [0.29, 0.717) is 43.4 Å². The average molecular weight is 458 g/mol. The molecule has 3 aromatic rings. The molecule has 4 rings (SSSR count). The molecule has 1 fully saturated rings. The number of benzene rings is 3. The van der Waals surface area contributed by atoms with Gasteiger partial charge in [-0.1, -0.05) is 56.3 Å². The number of piperazine rings is 1. The molecule has 1 aliphatic heterocycles. The lowest BCUT2D eigenvalue weighted by molar-refractivity contribution is -0.118. The maximum absolute atomic E-state index is 12.7. The zero-order chi connectivity index (χ0) is 23.9. The van der Waals surface area contributed by atoms with Gasteiger partial charge in [0.2, 0.25) is 0 Å². The third-order valence-corrected chi connectivity index (χ3v) is 6.02. The van der Waals surface area contributed by atoms with Gasteiger partial charge in [0.15, 0.2) is 6.61 Å². The maximum atomic E-state index is 12.7. The first kappa shape index (κ1) is 23.4. The Labute approximate surface area is 201 Å². The lowest BCUT2D eigenvalue weighted by atomic mass is 10.0. The predicted molar refractivity (Wildman–Crippen MR) is 136 cm³/mol. The van der Waals surface area contributed by atoms with Crippen LogP contribution in [0.3, 0.4) is 0 Å². The van der Waals surface area contributed by atoms with Gasteiger partial charge in [-0.25, -0.2) is 0 Å². The van der Waals surface area contributed by atoms with Crippen molar-refractivity contribution in [3.8, 4) is 5.75 Å². The van der Waals surface area contributed by atoms with E-state index in [2.05, 4.69) is 24.1 Å². The molecule has 3 aromatic carbocycles. The van der Waals surface area contributed by atoms with E-state index in [-0.39, 0.29) is 18.4 Å². The van der Waals surface area contributed by atoms with Gasteiger partial charge in [0.05, 0.1) is 11.4 Å². The molecule has 176 valence electrons. The van der Waals surface area contributed by atoms with Crippen molar-refractivity contribution in [2.24, 2.45) is 0 Å². The first-order chi connectivity index (χ1) is 16.5. The molecule has 0 radical (unpaired) electrons. The molecule has 1 aliphatic rings. The highest BCUT2D eigenvalue weighted by molar-refractivity contribution is 5.96. The van der Waals surface area contributed by atoms with Crippen molar-refractivity contribution in [2.45, 2.75) is 19.8 Å². The quantitative estimate of drug-likeness (QED) is 0.554. The van der Waals surface area contributed by atoms with Crippen molar-refractivity contribution >= 4 is 23.2 Å². The molecule has 0 spiro atoms. The van der Waals surface area contributed by atoms with Crippen LogP contribution in [-0.4, -0.2) is 49.5 Å². The van der Waals surface area contributed by atoms with E-state index in [1.165, 1.54) is 5.56 Å². The molecule has 6 nitrogen and oxygen atoms in total. The van der Waals surface area contributed by atoms with Crippen molar-refractivity contribution in [1.82, 2.24) is 4.90 Å². The molecule has 0 aliphatic carbocycles. The lowest BCUT2D eigenvalue weighted by Crippen LogP contribution is -2.49. The largest absolute Gasteiger partial charge is 0.484 e. The predicted octanol–water partition coefficient (Wildman–Crippen LogP) is 4.79. The van der Waals surface area contributed by atoms with Crippen molar-refractivity contribution in [2.75, 3.05) is 43.0 Å². The van der Waals surface area contributed by atoms with Gasteiger partial charge in [-0.05, 0) is 47.9 Å². The van der Waals surface area contributed by atoms with E-state index >= 15 is 0 Å². The SMILES string of the molecule is CC(C)c1ccc(OCC(=O)Nc2ccccc2N2CCN(C(=O)c3ccccc3)CC2)cc1. The Morgan fingerprint density at radius 1 is 0.853 bits per heavy atom. The van der Waals surface area contributed by atoms with Gasteiger partial charge < -0.3 is 19.9 Å². The van der Waals surface area contributed by atoms with Crippen LogP contribution in [0.5, 0.6) is 5.75 Å². The molecule has 0 atom stereocenters. The van der Waals surface area contributed by atoms with Crippen LogP contribution in [0.2, 0.25) is 0 Å². The highest BCUT2D eigenvalue weighted by Crippen LogP contribution is 2.27. The Bertz CT molecular complexity index is 1110. The topological polar surface area (TPSA) is 61.9 Å². The summed E-state index contributed by atoms with van der Waals surface area (Å²) in [6.07, 6.45) is 0. The van der Waals surface area contributed by atoms with Crippen LogP contribution in [0.25, 0.3) is 0 Å². The molecule has 34 heavy (non-hydrogen) atoms. The van der Waals surface area contributed by atoms with Crippen molar-refractivity contribution in [3.63, 3.8) is 0 Å². The lowest BCUT2D eigenvalue weighted by Gasteiger charge is -2.37. The summed E-state index contributed by atoms with van der Waals surface area (Å²) in [6, 6.07) is 25.0. The number of para-hydroxylation sites is 2. The minimum Gasteiger partial charge on any atom is -0.484 e. The third-order valence-electron chi connectivity index (χ3n) is 6.02. The number of hydrogen-bond donors (Lipinski definition) is 1. The Morgan fingerprint density at radius 3 is 2.18 bits per heavy atom. The minimum absolute atomic E-state index is 0.0559. The van der Waals surface area contributed by atoms with E-state index in [1.807, 2.05) is 83.8 Å². The van der Waals surface area contributed by atoms with E-state index in [4.69, 9.17) is 4.74 Å². The van der Waals surface area contributed by atoms with E-state index in [0.717, 1.165) is 11.4 Å². The van der Waals surface area contributed by atoms with E-state index in [1.54, 1.807) is 0 Å². The van der Waals surface area contributed by atoms with Crippen LogP contribution < -0.4 is 15.0 Å². The molecular weight excluding hydrogens is 426 g/mol. The summed E-state index contributed by atoms with van der Waals surface area (Å²) in [4.78, 5) is 29.4. The van der Waals surface area contributed by atoms with Crippen molar-refractivity contribution < 1.29 is 14.3 Å². The highest BCUT2D eigenvalue weighted by atomic mass is 16.5. The standard InChI is InChI=1S/C28H31N3O3/c1-21(2)22-12-14-24(15-13-22)34-20-27(32)29-25-10-6-7-11-26(25)30-16-18-31(19-17-30)28(33)23-8-4-3-5-9-23/h3-15,21H,16-20H2,1-2H3,(H,29,32). The molecule has 0 bridgehead atoms. The summed E-state index contributed by atoms with van der Waals surface area (Å²) < 4.78 is 5.67. The number of anilines is 2. The van der Waals surface area contributed by atoms with Crippen LogP contribution in [0.15, 0.2) is 78.9 Å². The second-order valence-electron chi connectivity index (χ2n) is 8.72. The zero-order valence-corrected chi connectivity index (χ0v) is 19.7. The van der Waals surface area contributed by atoms with Gasteiger partial charge in [-0.3, -0.25) is 9.59 Å². The third kappa shape index (κ3) is 5.76. The van der Waals surface area contributed by atoms with E-state index < -0.39 is 0 Å². The van der Waals surface area contributed by atoms with Crippen LogP contribution in [0.4, 0.5) is 11.4 Å². The van der Waals surface area contributed by atoms with Gasteiger partial charge in [0.1, 0.15) is 5.75 Å². The van der Waals surface area contributed by atoms with Crippen molar-refractivity contribution in [3.05, 3.63) is 90.0 Å². The molecule has 0 unspecified atom stereocenters. The summed E-state index contributed by atoms with van der Waals surface area (Å²) in [7, 11) is 0. The zero-order valence-electron chi connectivity index (χ0n) is 19.7. The summed E-state index contributed by atoms with van der Waals surface area (Å²) in [5, 5.41) is 2.98. The van der Waals surface area contributed by atoms with Gasteiger partial charge >= 0.3 is 0 Å². The number of hydrogen-bond acceptors (Lipinski definition) is 4. The molecule has 1 heterocycles. The number of amides is 2. The molecule has 1 saturated heterocycles. The smallest absolute Gasteiger partial charge is 0.262 e. The normalized spacial score (nSPS) is 13.6. The van der Waals surface area contributed by atoms with Crippen LogP contribution in [0, 0.1) is 0 Å². The number of nitrogens with zero attached hydrogens (tertiary/aromatic N) is 2. The van der Waals surface area contributed by atoms with Crippen LogP contribution >= 0.6 is 0 Å². The Balaban J connectivity index is 1.33. The summed E-state index contributed by atoms with van der Waals surface area (Å²) in [5.41, 5.74) is 3.64. The monoisotopic (exact) mass is 457 g/mol. The number of nitrogens with one attached hydrogen (secondary N) is 1. The number of rotatable bonds is 7. The number of ether oxygens (including phenoxy) is 1. The Hall–Kier alpha value is -3.80. The molecule has 6 heteroatoms. The molecule has 1 N–H and O–H groups in total. The van der Waals surface area contributed by atoms with Crippen molar-refractivity contribution in [1.29, 1.82) is 0 Å². The Morgan fingerprint density at radius 2 is 1.50 bits per heavy atom. The van der Waals surface area contributed by atoms with Gasteiger partial charge in [-0.15, -0.1) is 0 Å². The average Bonchev–Trinajstić information content (AvgIpc) is 2.88. The van der Waals surface area contributed by atoms with Gasteiger partial charge in [0, 0.05) is 31.7 Å². The van der Waals surface area contributed by atoms with Gasteiger partial charge in [-0.2, -0.15) is 0 Å². The van der Waals surface area contributed by atoms with E-state index in [9.17, 15) is 9.59 Å². The first-order valence-electron chi connectivity index (χ1n) is 11.7. The molecular formula is C28H31N3O3. The van der Waals surface area contributed by atoms with Gasteiger partial charge in [0.25, 0.3) is 11.8 Å². The second kappa shape index (κ2) is 10.9. The number of carbonyl (C=O) groups excluding carboxylic acids is 2. The number of carbonyl (C=O) groups is 2. The van der Waals surface area contributed by atoms with Crippen LogP contribution in [0.1, 0.15) is 35.7 Å². The second-order valence-corrected chi connectivity index (χ2v) is 8.72. The maximum Gasteiger partial charge on any atom is 0.262 e. The molecule has 0 saturated carbocycles. The Kier molecular flexibility index (Phi) is 7.48. The summed E-state index contributed by atoms with van der Waals surface area (Å²) >= 11 is 0. The molecule has 2 amide bonds. The first-order valence-corrected chi connectivity index (χ1v) is 11.7. The fraction of sp³-hybridized carbons (Fsp3) is 0.286. The molecule has 0 aromatic heterocycles. The minimum atomic E-state index is -0.210. The fourth-order valence-corrected chi connectivity index (χ4v) is 4.05. The van der Waals surface area contributed by atoms with Crippen LogP contribution in [-0.2, 0) is 4.79 Å².